The van der Waals surface area contributed by atoms with Crippen LogP contribution in [0.15, 0.2) is 45.6 Å². The maximum Gasteiger partial charge on any atom is 0.120 e. The number of nitrogens with zero attached hydrogens (tertiary/aromatic N) is 5. The van der Waals surface area contributed by atoms with Crippen LogP contribution in [0.5, 0.6) is 0 Å². The molecule has 10 heteroatoms. The molecule has 0 N–H and O–H groups in total. The Morgan fingerprint density at radius 2 is 1.13 bits per heavy atom. The molecule has 5 atom stereocenters. The second-order valence-electron chi connectivity index (χ2n) is 12.3. The molecular weight excluding hydrogens is 594 g/mol. The molecule has 47 heavy (non-hydrogen) atoms. The van der Waals surface area contributed by atoms with Crippen molar-refractivity contribution in [2.24, 2.45) is 0 Å². The van der Waals surface area contributed by atoms with Gasteiger partial charge in [-0.2, -0.15) is 0 Å². The van der Waals surface area contributed by atoms with Crippen LogP contribution in [-0.4, -0.2) is 134 Å². The molecule has 0 radical (unpaired) electrons. The van der Waals surface area contributed by atoms with Crippen LogP contribution in [0.2, 0.25) is 0 Å². The monoisotopic (exact) mass is 659 g/mol. The zero-order valence-electron chi connectivity index (χ0n) is 31.6. The summed E-state index contributed by atoms with van der Waals surface area (Å²) in [7, 11) is 2.19. The van der Waals surface area contributed by atoms with Crippen LogP contribution < -0.4 is 0 Å². The van der Waals surface area contributed by atoms with Gasteiger partial charge >= 0.3 is 0 Å². The number of ether oxygens (including phenoxy) is 5. The minimum absolute atomic E-state index is 0.0235. The van der Waals surface area contributed by atoms with E-state index >= 15 is 0 Å². The van der Waals surface area contributed by atoms with Gasteiger partial charge in [0.05, 0.1) is 12.2 Å². The summed E-state index contributed by atoms with van der Waals surface area (Å²) < 4.78 is 33.7. The van der Waals surface area contributed by atoms with Crippen molar-refractivity contribution < 1.29 is 23.7 Å². The number of rotatable bonds is 17. The highest BCUT2D eigenvalue weighted by molar-refractivity contribution is 5.54. The van der Waals surface area contributed by atoms with Gasteiger partial charge in [-0.1, -0.05) is 0 Å². The third-order valence-electron chi connectivity index (χ3n) is 9.96. The van der Waals surface area contributed by atoms with Crippen LogP contribution in [0.25, 0.3) is 0 Å². The van der Waals surface area contributed by atoms with Gasteiger partial charge in [0, 0.05) is 102 Å². The molecule has 4 aliphatic rings. The summed E-state index contributed by atoms with van der Waals surface area (Å²) >= 11 is 0. The molecule has 10 nitrogen and oxygen atoms in total. The predicted molar refractivity (Wildman–Crippen MR) is 188 cm³/mol. The Morgan fingerprint density at radius 1 is 0.617 bits per heavy atom. The van der Waals surface area contributed by atoms with Crippen molar-refractivity contribution in [2.75, 3.05) is 79.4 Å². The van der Waals surface area contributed by atoms with Crippen molar-refractivity contribution in [3.8, 4) is 0 Å². The van der Waals surface area contributed by atoms with Crippen LogP contribution in [0.3, 0.4) is 0 Å². The fourth-order valence-corrected chi connectivity index (χ4v) is 8.14. The van der Waals surface area contributed by atoms with E-state index in [1.807, 2.05) is 0 Å². The van der Waals surface area contributed by atoms with Gasteiger partial charge in [0.25, 0.3) is 0 Å². The van der Waals surface area contributed by atoms with Crippen molar-refractivity contribution in [3.05, 3.63) is 45.6 Å². The van der Waals surface area contributed by atoms with E-state index in [0.29, 0.717) is 33.0 Å². The van der Waals surface area contributed by atoms with E-state index in [0.717, 1.165) is 74.1 Å². The molecule has 4 aliphatic heterocycles. The zero-order valence-corrected chi connectivity index (χ0v) is 31.6. The minimum Gasteiger partial charge on any atom is -0.374 e. The van der Waals surface area contributed by atoms with Crippen molar-refractivity contribution in [3.63, 3.8) is 0 Å². The van der Waals surface area contributed by atoms with Crippen molar-refractivity contribution in [2.45, 2.75) is 113 Å². The number of hydrogen-bond donors (Lipinski definition) is 0. The standard InChI is InChI=1S/C37H65N5O5/c1-13-38(12)34-27(25(11)43-18-6)31(45-20-8)29-33(47-22-10)30-32(46-21-9)28-26(44-19-7)23-24-39(14-2)35(28)41(16-4)37(30)42(17-5)36(29)40(34)15-3/h25-26,31-33H,13-24H2,1-12H3. The van der Waals surface area contributed by atoms with Gasteiger partial charge in [0.2, 0.25) is 0 Å². The average Bonchev–Trinajstić information content (AvgIpc) is 3.07. The summed E-state index contributed by atoms with van der Waals surface area (Å²) in [5.74, 6) is 4.73. The van der Waals surface area contributed by atoms with Gasteiger partial charge in [-0.25, -0.2) is 0 Å². The van der Waals surface area contributed by atoms with Gasteiger partial charge < -0.3 is 48.2 Å². The minimum atomic E-state index is -0.352. The van der Waals surface area contributed by atoms with E-state index in [1.54, 1.807) is 0 Å². The molecule has 0 bridgehead atoms. The first-order chi connectivity index (χ1) is 22.8. The first-order valence-corrected chi connectivity index (χ1v) is 18.6. The molecule has 4 rings (SSSR count). The molecule has 0 fully saturated rings. The molecule has 0 aromatic heterocycles. The van der Waals surface area contributed by atoms with E-state index in [9.17, 15) is 0 Å². The normalized spacial score (nSPS) is 25.5. The largest absolute Gasteiger partial charge is 0.374 e. The van der Waals surface area contributed by atoms with Gasteiger partial charge in [-0.15, -0.1) is 0 Å². The summed E-state index contributed by atoms with van der Waals surface area (Å²) in [6.07, 6.45) is -0.194. The van der Waals surface area contributed by atoms with E-state index in [4.69, 9.17) is 23.7 Å². The lowest BCUT2D eigenvalue weighted by molar-refractivity contribution is -0.0208. The fourth-order valence-electron chi connectivity index (χ4n) is 8.14. The lowest BCUT2D eigenvalue weighted by Gasteiger charge is -2.57. The first-order valence-electron chi connectivity index (χ1n) is 18.6. The van der Waals surface area contributed by atoms with E-state index < -0.39 is 0 Å². The third kappa shape index (κ3) is 6.57. The van der Waals surface area contributed by atoms with E-state index in [-0.39, 0.29) is 30.5 Å². The van der Waals surface area contributed by atoms with Crippen LogP contribution in [-0.2, 0) is 23.7 Å². The SMILES string of the molecule is CCOC(C)C1=C(N(C)CC)N(CC)C2=C(C1OCC)C(OCC)C1=C(N(CC)C3=C(C(OCC)CCN3CC)C1OCC)N2CC. The summed E-state index contributed by atoms with van der Waals surface area (Å²) in [6, 6.07) is 0. The average molecular weight is 660 g/mol. The van der Waals surface area contributed by atoms with Crippen LogP contribution in [0, 0.1) is 0 Å². The molecular formula is C37H65N5O5. The summed E-state index contributed by atoms with van der Waals surface area (Å²) in [5.41, 5.74) is 4.69. The summed E-state index contributed by atoms with van der Waals surface area (Å²) in [4.78, 5) is 12.4. The molecule has 0 saturated heterocycles. The second-order valence-corrected chi connectivity index (χ2v) is 12.3. The Labute approximate surface area is 285 Å². The maximum atomic E-state index is 6.98. The summed E-state index contributed by atoms with van der Waals surface area (Å²) in [5, 5.41) is 0. The Morgan fingerprint density at radius 3 is 1.64 bits per heavy atom. The molecule has 0 aliphatic carbocycles. The van der Waals surface area contributed by atoms with Crippen LogP contribution >= 0.6 is 0 Å². The van der Waals surface area contributed by atoms with Crippen molar-refractivity contribution in [1.29, 1.82) is 0 Å². The predicted octanol–water partition coefficient (Wildman–Crippen LogP) is 5.56. The molecule has 0 amide bonds. The summed E-state index contributed by atoms with van der Waals surface area (Å²) in [6.45, 7) is 32.0. The number of hydrogen-bond acceptors (Lipinski definition) is 10. The highest BCUT2D eigenvalue weighted by Gasteiger charge is 2.54. The highest BCUT2D eigenvalue weighted by Crippen LogP contribution is 2.51. The second kappa shape index (κ2) is 16.9. The lowest BCUT2D eigenvalue weighted by Crippen LogP contribution is -2.59. The fraction of sp³-hybridized carbons (Fsp3) is 0.784. The Bertz CT molecular complexity index is 1140. The van der Waals surface area contributed by atoms with Gasteiger partial charge in [0.1, 0.15) is 41.6 Å². The van der Waals surface area contributed by atoms with Gasteiger partial charge in [0.15, 0.2) is 0 Å². The topological polar surface area (TPSA) is 62.4 Å². The molecule has 268 valence electrons. The van der Waals surface area contributed by atoms with Crippen LogP contribution in [0.4, 0.5) is 0 Å². The van der Waals surface area contributed by atoms with E-state index in [2.05, 4.69) is 108 Å². The third-order valence-corrected chi connectivity index (χ3v) is 9.96. The molecule has 4 heterocycles. The van der Waals surface area contributed by atoms with Crippen molar-refractivity contribution >= 4 is 0 Å². The Balaban J connectivity index is 2.10. The lowest BCUT2D eigenvalue weighted by atomic mass is 9.78. The smallest absolute Gasteiger partial charge is 0.120 e. The molecule has 0 aromatic rings. The molecule has 5 unspecified atom stereocenters. The van der Waals surface area contributed by atoms with Gasteiger partial charge in [-0.05, 0) is 82.6 Å². The van der Waals surface area contributed by atoms with Gasteiger partial charge in [-0.3, -0.25) is 0 Å². The molecule has 0 spiro atoms. The zero-order chi connectivity index (χ0) is 34.4. The molecule has 0 aromatic carbocycles. The van der Waals surface area contributed by atoms with Crippen molar-refractivity contribution in [1.82, 2.24) is 24.5 Å². The maximum absolute atomic E-state index is 6.98. The quantitative estimate of drug-likeness (QED) is 0.198. The molecule has 0 saturated carbocycles. The Kier molecular flexibility index (Phi) is 13.5. The first kappa shape index (κ1) is 37.6. The van der Waals surface area contributed by atoms with Crippen LogP contribution in [0.1, 0.15) is 82.6 Å². The Hall–Kier alpha value is -2.24. The van der Waals surface area contributed by atoms with E-state index in [1.165, 1.54) is 17.2 Å². The highest BCUT2D eigenvalue weighted by atomic mass is 16.5.